The number of nitrogens with one attached hydrogen (secondary N) is 1. The molecule has 6 heteroatoms. The van der Waals surface area contributed by atoms with Crippen molar-refractivity contribution in [2.24, 2.45) is 0 Å². The maximum absolute atomic E-state index is 10.8. The summed E-state index contributed by atoms with van der Waals surface area (Å²) in [6.07, 6.45) is 5.84. The van der Waals surface area contributed by atoms with E-state index in [1.807, 2.05) is 18.2 Å². The number of rotatable bonds is 8. The Kier molecular flexibility index (Phi) is 5.82. The fraction of sp³-hybridized carbons (Fsp3) is 0.421. The van der Waals surface area contributed by atoms with Gasteiger partial charge in [0, 0.05) is 12.1 Å². The van der Waals surface area contributed by atoms with Crippen LogP contribution in [0, 0.1) is 0 Å². The van der Waals surface area contributed by atoms with E-state index in [0.29, 0.717) is 11.8 Å². The Morgan fingerprint density at radius 3 is 2.76 bits per heavy atom. The lowest BCUT2D eigenvalue weighted by molar-refractivity contribution is -0.139. The number of nitrogens with zero attached hydrogens (tertiary/aromatic N) is 2. The van der Waals surface area contributed by atoms with Crippen molar-refractivity contribution in [1.29, 1.82) is 0 Å². The van der Waals surface area contributed by atoms with Crippen molar-refractivity contribution in [2.45, 2.75) is 38.5 Å². The van der Waals surface area contributed by atoms with Gasteiger partial charge in [0.25, 0.3) is 0 Å². The standard InChI is InChI=1S/C19H23N3O3/c23-17(24)13-25-18-15-10-4-5-11-16(15)21-19(22-18)20-12-6-9-14-7-2-1-3-8-14/h1-3,7-8H,4-6,9-13H2,(H,23,24)(H,20,21,22). The van der Waals surface area contributed by atoms with Crippen LogP contribution in [0.25, 0.3) is 0 Å². The number of hydrogen-bond donors (Lipinski definition) is 2. The summed E-state index contributed by atoms with van der Waals surface area (Å²) in [6.45, 7) is 0.378. The van der Waals surface area contributed by atoms with E-state index in [1.165, 1.54) is 5.56 Å². The number of carboxylic acid groups (broad SMARTS) is 1. The van der Waals surface area contributed by atoms with E-state index in [-0.39, 0.29) is 6.61 Å². The maximum atomic E-state index is 10.8. The van der Waals surface area contributed by atoms with Gasteiger partial charge in [0.15, 0.2) is 6.61 Å². The smallest absolute Gasteiger partial charge is 0.341 e. The number of aryl methyl sites for hydroxylation is 2. The van der Waals surface area contributed by atoms with Crippen molar-refractivity contribution in [3.8, 4) is 5.88 Å². The molecule has 1 aliphatic carbocycles. The minimum atomic E-state index is -0.999. The number of ether oxygens (including phenoxy) is 1. The van der Waals surface area contributed by atoms with Gasteiger partial charge in [-0.15, -0.1) is 0 Å². The van der Waals surface area contributed by atoms with E-state index in [2.05, 4.69) is 27.4 Å². The van der Waals surface area contributed by atoms with E-state index >= 15 is 0 Å². The molecule has 0 radical (unpaired) electrons. The summed E-state index contributed by atoms with van der Waals surface area (Å²) in [5, 5.41) is 12.1. The molecule has 0 bridgehead atoms. The number of hydrogen-bond acceptors (Lipinski definition) is 5. The highest BCUT2D eigenvalue weighted by molar-refractivity contribution is 5.68. The highest BCUT2D eigenvalue weighted by Gasteiger charge is 2.19. The zero-order chi connectivity index (χ0) is 17.5. The summed E-state index contributed by atoms with van der Waals surface area (Å²) >= 11 is 0. The number of aromatic nitrogens is 2. The predicted molar refractivity (Wildman–Crippen MR) is 95.1 cm³/mol. The average molecular weight is 341 g/mol. The quantitative estimate of drug-likeness (QED) is 0.718. The van der Waals surface area contributed by atoms with Crippen LogP contribution in [0.15, 0.2) is 30.3 Å². The van der Waals surface area contributed by atoms with Crippen LogP contribution in [0.5, 0.6) is 5.88 Å². The largest absolute Gasteiger partial charge is 0.479 e. The lowest BCUT2D eigenvalue weighted by atomic mass is 9.97. The molecule has 0 saturated heterocycles. The molecule has 1 heterocycles. The number of aliphatic carboxylic acids is 1. The lowest BCUT2D eigenvalue weighted by Gasteiger charge is -2.19. The first-order valence-electron chi connectivity index (χ1n) is 8.74. The van der Waals surface area contributed by atoms with Crippen LogP contribution in [0.2, 0.25) is 0 Å². The van der Waals surface area contributed by atoms with Crippen molar-refractivity contribution in [1.82, 2.24) is 9.97 Å². The minimum absolute atomic E-state index is 0.378. The summed E-state index contributed by atoms with van der Waals surface area (Å²) in [4.78, 5) is 19.8. The van der Waals surface area contributed by atoms with Gasteiger partial charge in [0.2, 0.25) is 11.8 Å². The number of benzene rings is 1. The Morgan fingerprint density at radius 2 is 1.96 bits per heavy atom. The Balaban J connectivity index is 1.62. The third-order valence-corrected chi connectivity index (χ3v) is 4.25. The molecule has 0 amide bonds. The normalized spacial score (nSPS) is 13.1. The summed E-state index contributed by atoms with van der Waals surface area (Å²) < 4.78 is 5.39. The summed E-state index contributed by atoms with van der Waals surface area (Å²) in [6, 6.07) is 10.3. The van der Waals surface area contributed by atoms with E-state index in [1.54, 1.807) is 0 Å². The number of carboxylic acids is 1. The highest BCUT2D eigenvalue weighted by Crippen LogP contribution is 2.28. The highest BCUT2D eigenvalue weighted by atomic mass is 16.5. The Hall–Kier alpha value is -2.63. The van der Waals surface area contributed by atoms with Crippen molar-refractivity contribution >= 4 is 11.9 Å². The third kappa shape index (κ3) is 4.92. The summed E-state index contributed by atoms with van der Waals surface area (Å²) in [5.74, 6) is -0.0627. The second-order valence-corrected chi connectivity index (χ2v) is 6.18. The van der Waals surface area contributed by atoms with Gasteiger partial charge in [-0.25, -0.2) is 9.78 Å². The molecule has 132 valence electrons. The van der Waals surface area contributed by atoms with Crippen LogP contribution in [-0.2, 0) is 24.1 Å². The third-order valence-electron chi connectivity index (χ3n) is 4.25. The Bertz CT molecular complexity index is 719. The molecule has 0 fully saturated rings. The van der Waals surface area contributed by atoms with Gasteiger partial charge in [-0.2, -0.15) is 4.98 Å². The molecule has 0 spiro atoms. The van der Waals surface area contributed by atoms with Gasteiger partial charge in [0.05, 0.1) is 5.69 Å². The maximum Gasteiger partial charge on any atom is 0.341 e. The van der Waals surface area contributed by atoms with Crippen LogP contribution in [0.4, 0.5) is 5.95 Å². The number of anilines is 1. The molecule has 0 saturated carbocycles. The monoisotopic (exact) mass is 341 g/mol. The van der Waals surface area contributed by atoms with Crippen LogP contribution in [0.1, 0.15) is 36.1 Å². The van der Waals surface area contributed by atoms with Gasteiger partial charge >= 0.3 is 5.97 Å². The second kappa shape index (κ2) is 8.46. The van der Waals surface area contributed by atoms with E-state index in [9.17, 15) is 4.79 Å². The molecule has 0 aliphatic heterocycles. The van der Waals surface area contributed by atoms with Crippen LogP contribution >= 0.6 is 0 Å². The van der Waals surface area contributed by atoms with E-state index in [4.69, 9.17) is 9.84 Å². The molecular weight excluding hydrogens is 318 g/mol. The van der Waals surface area contributed by atoms with Crippen LogP contribution in [0.3, 0.4) is 0 Å². The molecule has 0 unspecified atom stereocenters. The van der Waals surface area contributed by atoms with Crippen molar-refractivity contribution < 1.29 is 14.6 Å². The summed E-state index contributed by atoms with van der Waals surface area (Å²) in [7, 11) is 0. The van der Waals surface area contributed by atoms with Gasteiger partial charge in [0.1, 0.15) is 0 Å². The fourth-order valence-corrected chi connectivity index (χ4v) is 3.03. The SMILES string of the molecule is O=C(O)COc1nc(NCCCc2ccccc2)nc2c1CCCC2. The van der Waals surface area contributed by atoms with E-state index < -0.39 is 5.97 Å². The fourth-order valence-electron chi connectivity index (χ4n) is 3.03. The zero-order valence-corrected chi connectivity index (χ0v) is 14.2. The minimum Gasteiger partial charge on any atom is -0.479 e. The molecule has 25 heavy (non-hydrogen) atoms. The number of fused-ring (bicyclic) bond motifs is 1. The molecule has 1 aromatic heterocycles. The van der Waals surface area contributed by atoms with Crippen LogP contribution < -0.4 is 10.1 Å². The van der Waals surface area contributed by atoms with Gasteiger partial charge < -0.3 is 15.2 Å². The average Bonchev–Trinajstić information content (AvgIpc) is 2.64. The Morgan fingerprint density at radius 1 is 1.16 bits per heavy atom. The zero-order valence-electron chi connectivity index (χ0n) is 14.2. The first kappa shape index (κ1) is 17.2. The van der Waals surface area contributed by atoms with Crippen molar-refractivity contribution in [3.63, 3.8) is 0 Å². The molecule has 2 aromatic rings. The van der Waals surface area contributed by atoms with Crippen molar-refractivity contribution in [3.05, 3.63) is 47.2 Å². The lowest BCUT2D eigenvalue weighted by Crippen LogP contribution is -2.17. The molecular formula is C19H23N3O3. The molecule has 3 rings (SSSR count). The first-order chi connectivity index (χ1) is 12.2. The second-order valence-electron chi connectivity index (χ2n) is 6.18. The molecule has 2 N–H and O–H groups in total. The topological polar surface area (TPSA) is 84.3 Å². The van der Waals surface area contributed by atoms with E-state index in [0.717, 1.165) is 56.3 Å². The van der Waals surface area contributed by atoms with Crippen molar-refractivity contribution in [2.75, 3.05) is 18.5 Å². The van der Waals surface area contributed by atoms with Gasteiger partial charge in [-0.05, 0) is 44.1 Å². The Labute approximate surface area is 147 Å². The van der Waals surface area contributed by atoms with Crippen LogP contribution in [-0.4, -0.2) is 34.2 Å². The molecule has 1 aliphatic rings. The van der Waals surface area contributed by atoms with Gasteiger partial charge in [-0.1, -0.05) is 30.3 Å². The first-order valence-corrected chi connectivity index (χ1v) is 8.74. The van der Waals surface area contributed by atoms with Gasteiger partial charge in [-0.3, -0.25) is 0 Å². The molecule has 0 atom stereocenters. The number of carbonyl (C=O) groups is 1. The predicted octanol–water partition coefficient (Wildman–Crippen LogP) is 2.86. The molecule has 1 aromatic carbocycles. The summed E-state index contributed by atoms with van der Waals surface area (Å²) in [5.41, 5.74) is 3.25. The molecule has 6 nitrogen and oxygen atoms in total.